The Morgan fingerprint density at radius 2 is 1.20 bits per heavy atom. The standard InChI is InChI=1S/Li.Nb.O.2Ti.H. The van der Waals surface area contributed by atoms with Crippen LogP contribution in [0.3, 0.4) is 0 Å². The van der Waals surface area contributed by atoms with Gasteiger partial charge in [0.1, 0.15) is 0 Å². The van der Waals surface area contributed by atoms with Gasteiger partial charge in [-0.05, 0) is 0 Å². The van der Waals surface area contributed by atoms with E-state index in [1.807, 2.05) is 0 Å². The molecule has 0 aromatic rings. The normalized spacial score (nSPS) is 0.600. The van der Waals surface area contributed by atoms with Crippen LogP contribution in [0.15, 0.2) is 0 Å². The van der Waals surface area contributed by atoms with E-state index in [4.69, 9.17) is 3.32 Å². The Morgan fingerprint density at radius 3 is 1.20 bits per heavy atom. The van der Waals surface area contributed by atoms with Gasteiger partial charge in [0.2, 0.25) is 0 Å². The molecule has 21 valence electrons. The molecule has 1 nitrogen and oxygen atoms in total. The molecule has 0 unspecified atom stereocenters. The summed E-state index contributed by atoms with van der Waals surface area (Å²) in [6.45, 7) is 0. The second kappa shape index (κ2) is 30.9. The van der Waals surface area contributed by atoms with Gasteiger partial charge in [0.25, 0.3) is 0 Å². The van der Waals surface area contributed by atoms with Crippen LogP contribution >= 0.6 is 0 Å². The number of rotatable bonds is 0. The Balaban J connectivity index is -0.00000000167. The first kappa shape index (κ1) is 25.7. The molecule has 0 heterocycles. The molecular formula is HLiNbOTi2. The van der Waals surface area contributed by atoms with E-state index < -0.39 is 0 Å². The molecule has 0 aliphatic carbocycles. The molecule has 0 aliphatic heterocycles. The smallest absolute Gasteiger partial charge is 0 e. The van der Waals surface area contributed by atoms with Gasteiger partial charge in [-0.2, -0.15) is 0 Å². The van der Waals surface area contributed by atoms with Crippen molar-refractivity contribution >= 4 is 18.9 Å². The van der Waals surface area contributed by atoms with E-state index in [0.29, 0.717) is 0 Å². The van der Waals surface area contributed by atoms with Crippen LogP contribution in [0.5, 0.6) is 0 Å². The Bertz CT molecular complexity index is 9.61. The van der Waals surface area contributed by atoms with Gasteiger partial charge >= 0.3 is 42.6 Å². The van der Waals surface area contributed by atoms with Gasteiger partial charge < -0.3 is 0 Å². The van der Waals surface area contributed by atoms with Crippen molar-refractivity contribution in [3.05, 3.63) is 0 Å². The van der Waals surface area contributed by atoms with Crippen molar-refractivity contribution in [3.63, 3.8) is 0 Å². The maximum absolute atomic E-state index is 8.25. The quantitative estimate of drug-likeness (QED) is 0.482. The predicted molar refractivity (Wildman–Crippen MR) is 7.84 cm³/mol. The zero-order valence-electron chi connectivity index (χ0n) is 1.86. The summed E-state index contributed by atoms with van der Waals surface area (Å²) < 4.78 is 8.25. The summed E-state index contributed by atoms with van der Waals surface area (Å²) in [5.74, 6) is 0. The third-order valence-electron chi connectivity index (χ3n) is 0. The topological polar surface area (TPSA) is 17.1 Å². The van der Waals surface area contributed by atoms with E-state index in [1.54, 1.807) is 0 Å². The third-order valence-corrected chi connectivity index (χ3v) is 0. The van der Waals surface area contributed by atoms with Crippen LogP contribution in [0.4, 0.5) is 0 Å². The minimum Gasteiger partial charge on any atom is 0 e. The average Bonchev–Trinajstić information content (AvgIpc) is 1.00. The largest absolute Gasteiger partial charge is 0 e. The fourth-order valence-electron chi connectivity index (χ4n) is 0. The van der Waals surface area contributed by atoms with E-state index in [0.717, 1.165) is 20.4 Å². The number of hydrogen-bond acceptors (Lipinski definition) is 1. The van der Waals surface area contributed by atoms with Crippen LogP contribution in [0, 0.1) is 0 Å². The first-order valence-corrected chi connectivity index (χ1v) is 0.842. The zero-order valence-corrected chi connectivity index (χ0v) is 7.18. The molecule has 0 aliphatic rings. The molecule has 0 amide bonds. The second-order valence-electron chi connectivity index (χ2n) is 0. The molecule has 0 saturated carbocycles. The molecule has 0 bridgehead atoms. The van der Waals surface area contributed by atoms with Crippen LogP contribution in [0.1, 0.15) is 0 Å². The summed E-state index contributed by atoms with van der Waals surface area (Å²) in [6, 6.07) is 0. The SMILES string of the molecule is [LiH].[Nb].[O]=[Ti].[Ti]. The number of hydrogen-bond donors (Lipinski definition) is 0. The molecule has 0 N–H and O–H groups in total. The molecular weight excluding hydrogens is 212 g/mol. The molecule has 0 atom stereocenters. The first-order chi connectivity index (χ1) is 1.00. The molecule has 0 aromatic heterocycles. The van der Waals surface area contributed by atoms with E-state index in [2.05, 4.69) is 0 Å². The summed E-state index contributed by atoms with van der Waals surface area (Å²) in [7, 11) is 0. The molecule has 0 aromatic carbocycles. The van der Waals surface area contributed by atoms with Crippen LogP contribution in [-0.2, 0) is 67.8 Å². The average molecular weight is 213 g/mol. The van der Waals surface area contributed by atoms with Gasteiger partial charge in [-0.25, -0.2) is 0 Å². The van der Waals surface area contributed by atoms with Crippen LogP contribution < -0.4 is 0 Å². The van der Waals surface area contributed by atoms with Crippen molar-refractivity contribution in [2.24, 2.45) is 0 Å². The first-order valence-electron chi connectivity index (χ1n) is 0.204. The van der Waals surface area contributed by atoms with Crippen LogP contribution in [-0.4, -0.2) is 18.9 Å². The van der Waals surface area contributed by atoms with E-state index in [-0.39, 0.29) is 63.0 Å². The minimum absolute atomic E-state index is 0. The fourth-order valence-corrected chi connectivity index (χ4v) is 0. The van der Waals surface area contributed by atoms with Crippen molar-refractivity contribution in [2.45, 2.75) is 0 Å². The molecule has 0 saturated heterocycles. The Hall–Kier alpha value is 2.57. The van der Waals surface area contributed by atoms with Crippen molar-refractivity contribution in [1.29, 1.82) is 0 Å². The third kappa shape index (κ3) is 20.8. The molecule has 5 heteroatoms. The van der Waals surface area contributed by atoms with Crippen molar-refractivity contribution in [2.75, 3.05) is 0 Å². The molecule has 0 spiro atoms. The van der Waals surface area contributed by atoms with Gasteiger partial charge in [0, 0.05) is 44.1 Å². The fraction of sp³-hybridized carbons (Fsp3) is 0. The summed E-state index contributed by atoms with van der Waals surface area (Å²) in [5.41, 5.74) is 0. The van der Waals surface area contributed by atoms with Crippen molar-refractivity contribution in [3.8, 4) is 0 Å². The molecule has 5 heavy (non-hydrogen) atoms. The molecule has 1 radical (unpaired) electrons. The Labute approximate surface area is 85.3 Å². The zero-order chi connectivity index (χ0) is 2.00. The minimum atomic E-state index is 0. The van der Waals surface area contributed by atoms with E-state index in [9.17, 15) is 0 Å². The van der Waals surface area contributed by atoms with Crippen LogP contribution in [0.25, 0.3) is 0 Å². The van der Waals surface area contributed by atoms with Crippen molar-refractivity contribution in [1.82, 2.24) is 0 Å². The maximum Gasteiger partial charge on any atom is 0 e. The maximum atomic E-state index is 8.25. The monoisotopic (exact) mass is 213 g/mol. The van der Waals surface area contributed by atoms with Gasteiger partial charge in [-0.3, -0.25) is 0 Å². The molecule has 0 rings (SSSR count). The van der Waals surface area contributed by atoms with Gasteiger partial charge in [-0.15, -0.1) is 0 Å². The summed E-state index contributed by atoms with van der Waals surface area (Å²) in [6.07, 6.45) is 0. The Morgan fingerprint density at radius 1 is 1.20 bits per heavy atom. The van der Waals surface area contributed by atoms with E-state index in [1.165, 1.54) is 0 Å². The second-order valence-corrected chi connectivity index (χ2v) is 0. The van der Waals surface area contributed by atoms with E-state index >= 15 is 0 Å². The van der Waals surface area contributed by atoms with Gasteiger partial charge in [-0.1, -0.05) is 0 Å². The van der Waals surface area contributed by atoms with Crippen molar-refractivity contribution < 1.29 is 67.8 Å². The van der Waals surface area contributed by atoms with Crippen LogP contribution in [0.2, 0.25) is 0 Å². The Kier molecular flexibility index (Phi) is 158. The van der Waals surface area contributed by atoms with Gasteiger partial charge in [0.15, 0.2) is 0 Å². The summed E-state index contributed by atoms with van der Waals surface area (Å²) >= 11 is 0.750. The predicted octanol–water partition coefficient (Wildman–Crippen LogP) is -0.775. The molecule has 0 fully saturated rings. The summed E-state index contributed by atoms with van der Waals surface area (Å²) in [4.78, 5) is 0. The van der Waals surface area contributed by atoms with Gasteiger partial charge in [0.05, 0.1) is 0 Å². The summed E-state index contributed by atoms with van der Waals surface area (Å²) in [5, 5.41) is 0.